The monoisotopic (exact) mass is 258 g/mol. The molecule has 0 atom stereocenters. The standard InChI is InChI=1S/C15H18N2S/c1-10(2)14-9-12(17)5-8-15(14)18-13-6-3-11(16)4-7-13/h3-10H,16-17H2,1-2H3. The van der Waals surface area contributed by atoms with Gasteiger partial charge in [-0.2, -0.15) is 0 Å². The highest BCUT2D eigenvalue weighted by Crippen LogP contribution is 2.35. The first kappa shape index (κ1) is 12.8. The minimum atomic E-state index is 0.463. The van der Waals surface area contributed by atoms with Gasteiger partial charge in [0.1, 0.15) is 0 Å². The van der Waals surface area contributed by atoms with Crippen molar-refractivity contribution in [2.45, 2.75) is 29.6 Å². The van der Waals surface area contributed by atoms with E-state index in [-0.39, 0.29) is 0 Å². The molecule has 0 saturated carbocycles. The third-order valence-corrected chi connectivity index (χ3v) is 3.86. The Kier molecular flexibility index (Phi) is 3.82. The minimum absolute atomic E-state index is 0.463. The summed E-state index contributed by atoms with van der Waals surface area (Å²) in [7, 11) is 0. The Hall–Kier alpha value is -1.61. The molecule has 0 aliphatic rings. The van der Waals surface area contributed by atoms with Gasteiger partial charge in [0, 0.05) is 21.2 Å². The number of nitrogen functional groups attached to an aromatic ring is 2. The van der Waals surface area contributed by atoms with E-state index in [2.05, 4.69) is 26.0 Å². The van der Waals surface area contributed by atoms with Crippen molar-refractivity contribution in [3.8, 4) is 0 Å². The highest BCUT2D eigenvalue weighted by molar-refractivity contribution is 7.99. The van der Waals surface area contributed by atoms with Crippen LogP contribution in [0.1, 0.15) is 25.3 Å². The molecule has 0 fully saturated rings. The van der Waals surface area contributed by atoms with E-state index >= 15 is 0 Å². The lowest BCUT2D eigenvalue weighted by molar-refractivity contribution is 0.843. The first-order valence-electron chi connectivity index (χ1n) is 5.99. The average Bonchev–Trinajstić information content (AvgIpc) is 2.34. The fourth-order valence-electron chi connectivity index (χ4n) is 1.77. The quantitative estimate of drug-likeness (QED) is 0.814. The summed E-state index contributed by atoms with van der Waals surface area (Å²) in [5.74, 6) is 0.463. The van der Waals surface area contributed by atoms with E-state index in [1.54, 1.807) is 11.8 Å². The van der Waals surface area contributed by atoms with Crippen molar-refractivity contribution in [2.24, 2.45) is 0 Å². The van der Waals surface area contributed by atoms with Crippen LogP contribution in [0, 0.1) is 0 Å². The zero-order valence-corrected chi connectivity index (χ0v) is 11.5. The second-order valence-corrected chi connectivity index (χ2v) is 5.74. The zero-order chi connectivity index (χ0) is 13.1. The second kappa shape index (κ2) is 5.36. The topological polar surface area (TPSA) is 52.0 Å². The summed E-state index contributed by atoms with van der Waals surface area (Å²) in [6, 6.07) is 14.0. The summed E-state index contributed by atoms with van der Waals surface area (Å²) in [6.07, 6.45) is 0. The maximum absolute atomic E-state index is 5.85. The van der Waals surface area contributed by atoms with Gasteiger partial charge >= 0.3 is 0 Å². The molecule has 3 heteroatoms. The zero-order valence-electron chi connectivity index (χ0n) is 10.7. The molecule has 0 radical (unpaired) electrons. The fraction of sp³-hybridized carbons (Fsp3) is 0.200. The largest absolute Gasteiger partial charge is 0.399 e. The lowest BCUT2D eigenvalue weighted by atomic mass is 10.0. The molecule has 4 N–H and O–H groups in total. The third-order valence-electron chi connectivity index (χ3n) is 2.76. The predicted octanol–water partition coefficient (Wildman–Crippen LogP) is 4.13. The van der Waals surface area contributed by atoms with Crippen molar-refractivity contribution in [3.63, 3.8) is 0 Å². The van der Waals surface area contributed by atoms with Crippen molar-refractivity contribution < 1.29 is 0 Å². The Morgan fingerprint density at radius 3 is 2.11 bits per heavy atom. The van der Waals surface area contributed by atoms with Crippen LogP contribution in [0.3, 0.4) is 0 Å². The van der Waals surface area contributed by atoms with Gasteiger partial charge in [0.05, 0.1) is 0 Å². The Bertz CT molecular complexity index is 533. The summed E-state index contributed by atoms with van der Waals surface area (Å²) in [6.45, 7) is 4.36. The van der Waals surface area contributed by atoms with E-state index in [1.807, 2.05) is 30.3 Å². The summed E-state index contributed by atoms with van der Waals surface area (Å²) in [4.78, 5) is 2.44. The second-order valence-electron chi connectivity index (χ2n) is 4.62. The van der Waals surface area contributed by atoms with Gasteiger partial charge in [-0.25, -0.2) is 0 Å². The van der Waals surface area contributed by atoms with Gasteiger partial charge in [-0.05, 0) is 53.9 Å². The highest BCUT2D eigenvalue weighted by Gasteiger charge is 2.08. The maximum atomic E-state index is 5.85. The lowest BCUT2D eigenvalue weighted by Gasteiger charge is -2.13. The van der Waals surface area contributed by atoms with Crippen LogP contribution in [0.5, 0.6) is 0 Å². The summed E-state index contributed by atoms with van der Waals surface area (Å²) < 4.78 is 0. The predicted molar refractivity (Wildman–Crippen MR) is 79.9 cm³/mol. The minimum Gasteiger partial charge on any atom is -0.399 e. The van der Waals surface area contributed by atoms with Gasteiger partial charge in [0.25, 0.3) is 0 Å². The van der Waals surface area contributed by atoms with Gasteiger partial charge < -0.3 is 11.5 Å². The van der Waals surface area contributed by atoms with E-state index in [9.17, 15) is 0 Å². The molecule has 94 valence electrons. The first-order chi connectivity index (χ1) is 8.56. The Labute approximate surface area is 112 Å². The molecule has 0 amide bonds. The first-order valence-corrected chi connectivity index (χ1v) is 6.80. The molecular formula is C15H18N2S. The van der Waals surface area contributed by atoms with Crippen molar-refractivity contribution >= 4 is 23.1 Å². The van der Waals surface area contributed by atoms with Gasteiger partial charge in [-0.3, -0.25) is 0 Å². The molecule has 0 spiro atoms. The smallest absolute Gasteiger partial charge is 0.0317 e. The van der Waals surface area contributed by atoms with Crippen LogP contribution in [0.4, 0.5) is 11.4 Å². The lowest BCUT2D eigenvalue weighted by Crippen LogP contribution is -1.94. The number of hydrogen-bond acceptors (Lipinski definition) is 3. The van der Waals surface area contributed by atoms with Crippen LogP contribution >= 0.6 is 11.8 Å². The molecular weight excluding hydrogens is 240 g/mol. The molecule has 0 aliphatic carbocycles. The Morgan fingerprint density at radius 1 is 0.889 bits per heavy atom. The highest BCUT2D eigenvalue weighted by atomic mass is 32.2. The van der Waals surface area contributed by atoms with Crippen LogP contribution in [-0.4, -0.2) is 0 Å². The van der Waals surface area contributed by atoms with Crippen LogP contribution in [-0.2, 0) is 0 Å². The van der Waals surface area contributed by atoms with Crippen LogP contribution < -0.4 is 11.5 Å². The van der Waals surface area contributed by atoms with Crippen molar-refractivity contribution in [1.82, 2.24) is 0 Å². The number of anilines is 2. The molecule has 0 bridgehead atoms. The SMILES string of the molecule is CC(C)c1cc(N)ccc1Sc1ccc(N)cc1. The van der Waals surface area contributed by atoms with E-state index < -0.39 is 0 Å². The fourth-order valence-corrected chi connectivity index (χ4v) is 2.85. The van der Waals surface area contributed by atoms with E-state index in [4.69, 9.17) is 11.5 Å². The van der Waals surface area contributed by atoms with Crippen molar-refractivity contribution in [3.05, 3.63) is 48.0 Å². The number of nitrogens with two attached hydrogens (primary N) is 2. The number of rotatable bonds is 3. The van der Waals surface area contributed by atoms with Crippen LogP contribution in [0.15, 0.2) is 52.3 Å². The van der Waals surface area contributed by atoms with E-state index in [0.717, 1.165) is 11.4 Å². The van der Waals surface area contributed by atoms with Crippen molar-refractivity contribution in [1.29, 1.82) is 0 Å². The number of benzene rings is 2. The maximum Gasteiger partial charge on any atom is 0.0317 e. The van der Waals surface area contributed by atoms with Crippen molar-refractivity contribution in [2.75, 3.05) is 11.5 Å². The molecule has 2 aromatic carbocycles. The van der Waals surface area contributed by atoms with Crippen LogP contribution in [0.25, 0.3) is 0 Å². The molecule has 2 nitrogen and oxygen atoms in total. The molecule has 0 saturated heterocycles. The van der Waals surface area contributed by atoms with Gasteiger partial charge in [0.2, 0.25) is 0 Å². The molecule has 0 aromatic heterocycles. The molecule has 0 heterocycles. The molecule has 2 rings (SSSR count). The summed E-state index contributed by atoms with van der Waals surface area (Å²) in [5.41, 5.74) is 14.4. The molecule has 0 aliphatic heterocycles. The van der Waals surface area contributed by atoms with Gasteiger partial charge in [-0.15, -0.1) is 0 Å². The molecule has 0 unspecified atom stereocenters. The van der Waals surface area contributed by atoms with Gasteiger partial charge in [0.15, 0.2) is 0 Å². The Morgan fingerprint density at radius 2 is 1.50 bits per heavy atom. The Balaban J connectivity index is 2.31. The van der Waals surface area contributed by atoms with E-state index in [1.165, 1.54) is 15.4 Å². The summed E-state index contributed by atoms with van der Waals surface area (Å²) >= 11 is 1.75. The third kappa shape index (κ3) is 2.99. The number of hydrogen-bond donors (Lipinski definition) is 2. The normalized spacial score (nSPS) is 10.8. The van der Waals surface area contributed by atoms with Crippen LogP contribution in [0.2, 0.25) is 0 Å². The summed E-state index contributed by atoms with van der Waals surface area (Å²) in [5, 5.41) is 0. The molecule has 2 aromatic rings. The average molecular weight is 258 g/mol. The van der Waals surface area contributed by atoms with Gasteiger partial charge in [-0.1, -0.05) is 25.6 Å². The molecule has 18 heavy (non-hydrogen) atoms. The van der Waals surface area contributed by atoms with E-state index in [0.29, 0.717) is 5.92 Å².